The highest BCUT2D eigenvalue weighted by Crippen LogP contribution is 2.34. The molecule has 4 nitrogen and oxygen atoms in total. The minimum absolute atomic E-state index is 0.0645. The summed E-state index contributed by atoms with van der Waals surface area (Å²) in [5.41, 5.74) is -0.0645. The van der Waals surface area contributed by atoms with Crippen molar-refractivity contribution < 1.29 is 5.11 Å². The molecule has 0 radical (unpaired) electrons. The van der Waals surface area contributed by atoms with Crippen LogP contribution >= 0.6 is 0 Å². The van der Waals surface area contributed by atoms with Gasteiger partial charge in [0.1, 0.15) is 0 Å². The van der Waals surface area contributed by atoms with E-state index < -0.39 is 0 Å². The van der Waals surface area contributed by atoms with E-state index in [2.05, 4.69) is 4.98 Å². The molecule has 72 valence electrons. The molecule has 13 heavy (non-hydrogen) atoms. The molecule has 1 fully saturated rings. The number of H-pyrrole nitrogens is 1. The summed E-state index contributed by atoms with van der Waals surface area (Å²) >= 11 is 0. The molecule has 1 heterocycles. The van der Waals surface area contributed by atoms with Gasteiger partial charge in [0.25, 0.3) is 0 Å². The van der Waals surface area contributed by atoms with Gasteiger partial charge in [-0.25, -0.2) is 4.79 Å². The number of aliphatic hydroxyl groups excluding tert-OH is 1. The Morgan fingerprint density at radius 3 is 3.08 bits per heavy atom. The van der Waals surface area contributed by atoms with Gasteiger partial charge in [0.05, 0.1) is 0 Å². The highest BCUT2D eigenvalue weighted by Gasteiger charge is 2.28. The maximum absolute atomic E-state index is 11.3. The third kappa shape index (κ3) is 1.42. The van der Waals surface area contributed by atoms with E-state index in [-0.39, 0.29) is 24.3 Å². The van der Waals surface area contributed by atoms with E-state index in [4.69, 9.17) is 5.11 Å². The Balaban J connectivity index is 2.26. The average molecular weight is 182 g/mol. The zero-order valence-electron chi connectivity index (χ0n) is 7.44. The van der Waals surface area contributed by atoms with E-state index in [0.717, 1.165) is 19.3 Å². The Kier molecular flexibility index (Phi) is 2.22. The van der Waals surface area contributed by atoms with Crippen LogP contribution in [0, 0.1) is 5.92 Å². The Hall–Kier alpha value is -1.03. The summed E-state index contributed by atoms with van der Waals surface area (Å²) in [4.78, 5) is 13.9. The number of imidazole rings is 1. The van der Waals surface area contributed by atoms with Crippen molar-refractivity contribution in [3.05, 3.63) is 22.9 Å². The van der Waals surface area contributed by atoms with Crippen LogP contribution in [0.4, 0.5) is 0 Å². The van der Waals surface area contributed by atoms with Crippen molar-refractivity contribution in [1.82, 2.24) is 9.55 Å². The van der Waals surface area contributed by atoms with Gasteiger partial charge in [-0.1, -0.05) is 6.42 Å². The zero-order valence-corrected chi connectivity index (χ0v) is 7.44. The van der Waals surface area contributed by atoms with Gasteiger partial charge < -0.3 is 10.1 Å². The van der Waals surface area contributed by atoms with Crippen molar-refractivity contribution in [1.29, 1.82) is 0 Å². The number of aromatic amines is 1. The quantitative estimate of drug-likeness (QED) is 0.700. The van der Waals surface area contributed by atoms with Gasteiger partial charge in [0.2, 0.25) is 0 Å². The Labute approximate surface area is 76.2 Å². The highest BCUT2D eigenvalue weighted by molar-refractivity contribution is 4.88. The van der Waals surface area contributed by atoms with Crippen LogP contribution < -0.4 is 5.69 Å². The number of rotatable bonds is 2. The predicted molar refractivity (Wildman–Crippen MR) is 48.5 cm³/mol. The summed E-state index contributed by atoms with van der Waals surface area (Å²) in [5.74, 6) is 0.258. The number of hydrogen-bond acceptors (Lipinski definition) is 2. The molecular formula is C9H14N2O2. The summed E-state index contributed by atoms with van der Waals surface area (Å²) in [6.45, 7) is 0.183. The van der Waals surface area contributed by atoms with Gasteiger partial charge in [-0.2, -0.15) is 0 Å². The standard InChI is InChI=1S/C9H14N2O2/c12-6-7-2-1-3-8(7)11-5-4-10-9(11)13/h4-5,7-8,12H,1-3,6H2,(H,10,13). The fourth-order valence-corrected chi connectivity index (χ4v) is 2.19. The second-order valence-electron chi connectivity index (χ2n) is 3.61. The minimum atomic E-state index is -0.0645. The third-order valence-electron chi connectivity index (χ3n) is 2.89. The monoisotopic (exact) mass is 182 g/mol. The molecule has 1 aliphatic carbocycles. The number of nitrogens with zero attached hydrogens (tertiary/aromatic N) is 1. The van der Waals surface area contributed by atoms with Gasteiger partial charge in [0, 0.05) is 31.0 Å². The van der Waals surface area contributed by atoms with Crippen LogP contribution in [0.1, 0.15) is 25.3 Å². The van der Waals surface area contributed by atoms with Crippen molar-refractivity contribution >= 4 is 0 Å². The number of nitrogens with one attached hydrogen (secondary N) is 1. The molecule has 1 aliphatic rings. The first-order valence-electron chi connectivity index (χ1n) is 4.69. The maximum Gasteiger partial charge on any atom is 0.325 e. The summed E-state index contributed by atoms with van der Waals surface area (Å²) in [5, 5.41) is 9.10. The molecule has 0 amide bonds. The molecule has 0 spiro atoms. The highest BCUT2D eigenvalue weighted by atomic mass is 16.3. The normalized spacial score (nSPS) is 28.1. The first-order chi connectivity index (χ1) is 6.33. The largest absolute Gasteiger partial charge is 0.396 e. The fraction of sp³-hybridized carbons (Fsp3) is 0.667. The number of aliphatic hydroxyl groups is 1. The van der Waals surface area contributed by atoms with Crippen molar-refractivity contribution in [2.75, 3.05) is 6.61 Å². The molecule has 2 N–H and O–H groups in total. The van der Waals surface area contributed by atoms with E-state index in [1.165, 1.54) is 0 Å². The summed E-state index contributed by atoms with van der Waals surface area (Å²) in [7, 11) is 0. The topological polar surface area (TPSA) is 58.0 Å². The van der Waals surface area contributed by atoms with Crippen LogP contribution in [0.5, 0.6) is 0 Å². The fourth-order valence-electron chi connectivity index (χ4n) is 2.19. The molecule has 0 aromatic carbocycles. The molecular weight excluding hydrogens is 168 g/mol. The average Bonchev–Trinajstić information content (AvgIpc) is 2.71. The van der Waals surface area contributed by atoms with Crippen molar-refractivity contribution in [3.8, 4) is 0 Å². The molecule has 0 saturated heterocycles. The molecule has 0 bridgehead atoms. The van der Waals surface area contributed by atoms with E-state index in [1.54, 1.807) is 17.0 Å². The van der Waals surface area contributed by atoms with Crippen LogP contribution in [0.15, 0.2) is 17.2 Å². The van der Waals surface area contributed by atoms with Gasteiger partial charge in [0.15, 0.2) is 0 Å². The smallest absolute Gasteiger partial charge is 0.325 e. The van der Waals surface area contributed by atoms with Crippen LogP contribution in [-0.2, 0) is 0 Å². The molecule has 2 unspecified atom stereocenters. The third-order valence-corrected chi connectivity index (χ3v) is 2.89. The van der Waals surface area contributed by atoms with Crippen LogP contribution in [-0.4, -0.2) is 21.3 Å². The van der Waals surface area contributed by atoms with E-state index >= 15 is 0 Å². The predicted octanol–water partition coefficient (Wildman–Crippen LogP) is 0.510. The SMILES string of the molecule is O=c1[nH]ccn1C1CCCC1CO. The second kappa shape index (κ2) is 3.38. The molecule has 2 atom stereocenters. The second-order valence-corrected chi connectivity index (χ2v) is 3.61. The number of hydrogen-bond donors (Lipinski definition) is 2. The van der Waals surface area contributed by atoms with Crippen molar-refractivity contribution in [2.24, 2.45) is 5.92 Å². The molecule has 2 rings (SSSR count). The van der Waals surface area contributed by atoms with Gasteiger partial charge in [-0.3, -0.25) is 4.57 Å². The molecule has 1 aromatic heterocycles. The van der Waals surface area contributed by atoms with Crippen LogP contribution in [0.25, 0.3) is 0 Å². The van der Waals surface area contributed by atoms with Gasteiger partial charge in [-0.15, -0.1) is 0 Å². The van der Waals surface area contributed by atoms with E-state index in [9.17, 15) is 4.79 Å². The lowest BCUT2D eigenvalue weighted by molar-refractivity contribution is 0.194. The van der Waals surface area contributed by atoms with Crippen molar-refractivity contribution in [2.45, 2.75) is 25.3 Å². The number of aromatic nitrogens is 2. The Morgan fingerprint density at radius 2 is 2.46 bits per heavy atom. The first-order valence-corrected chi connectivity index (χ1v) is 4.69. The molecule has 4 heteroatoms. The Morgan fingerprint density at radius 1 is 1.62 bits per heavy atom. The van der Waals surface area contributed by atoms with Crippen LogP contribution in [0.2, 0.25) is 0 Å². The first kappa shape index (κ1) is 8.56. The minimum Gasteiger partial charge on any atom is -0.396 e. The summed E-state index contributed by atoms with van der Waals surface area (Å²) in [6.07, 6.45) is 6.55. The van der Waals surface area contributed by atoms with Gasteiger partial charge in [-0.05, 0) is 12.8 Å². The summed E-state index contributed by atoms with van der Waals surface area (Å²) in [6, 6.07) is 0.198. The van der Waals surface area contributed by atoms with Crippen molar-refractivity contribution in [3.63, 3.8) is 0 Å². The summed E-state index contributed by atoms with van der Waals surface area (Å²) < 4.78 is 1.70. The lowest BCUT2D eigenvalue weighted by Gasteiger charge is -2.17. The van der Waals surface area contributed by atoms with Gasteiger partial charge >= 0.3 is 5.69 Å². The molecule has 1 saturated carbocycles. The van der Waals surface area contributed by atoms with E-state index in [1.807, 2.05) is 0 Å². The van der Waals surface area contributed by atoms with Crippen LogP contribution in [0.3, 0.4) is 0 Å². The zero-order chi connectivity index (χ0) is 9.26. The lowest BCUT2D eigenvalue weighted by atomic mass is 10.1. The molecule has 1 aromatic rings. The lowest BCUT2D eigenvalue weighted by Crippen LogP contribution is -2.25. The maximum atomic E-state index is 11.3. The van der Waals surface area contributed by atoms with E-state index in [0.29, 0.717) is 0 Å². The molecule has 0 aliphatic heterocycles. The Bertz CT molecular complexity index is 328.